The predicted molar refractivity (Wildman–Crippen MR) is 55.7 cm³/mol. The smallest absolute Gasteiger partial charge is 0.190 e. The third kappa shape index (κ3) is 1.37. The fourth-order valence-electron chi connectivity index (χ4n) is 1.38. The van der Waals surface area contributed by atoms with Crippen molar-refractivity contribution in [1.82, 2.24) is 5.16 Å². The van der Waals surface area contributed by atoms with Crippen LogP contribution < -0.4 is 5.73 Å². The van der Waals surface area contributed by atoms with E-state index >= 15 is 0 Å². The van der Waals surface area contributed by atoms with Crippen molar-refractivity contribution in [3.63, 3.8) is 0 Å². The number of nitrogens with zero attached hydrogens (tertiary/aromatic N) is 1. The third-order valence-electron chi connectivity index (χ3n) is 2.17. The molecule has 3 nitrogen and oxygen atoms in total. The standard InChI is InChI=1S/C11H12N2O/c1-2-9-10(12)11(14-13-9)8-6-4-3-5-7-8/h3-7H,2,12H2,1H3. The van der Waals surface area contributed by atoms with Crippen molar-refractivity contribution in [1.29, 1.82) is 0 Å². The Hall–Kier alpha value is -1.77. The first kappa shape index (κ1) is 8.81. The molecule has 0 spiro atoms. The van der Waals surface area contributed by atoms with Gasteiger partial charge in [0.2, 0.25) is 0 Å². The fraction of sp³-hybridized carbons (Fsp3) is 0.182. The first-order valence-electron chi connectivity index (χ1n) is 4.62. The van der Waals surface area contributed by atoms with Gasteiger partial charge in [-0.05, 0) is 6.42 Å². The number of nitrogen functional groups attached to an aromatic ring is 1. The highest BCUT2D eigenvalue weighted by molar-refractivity contribution is 5.72. The van der Waals surface area contributed by atoms with Gasteiger partial charge < -0.3 is 10.3 Å². The van der Waals surface area contributed by atoms with Crippen molar-refractivity contribution in [2.45, 2.75) is 13.3 Å². The molecule has 72 valence electrons. The van der Waals surface area contributed by atoms with Crippen molar-refractivity contribution >= 4 is 5.69 Å². The summed E-state index contributed by atoms with van der Waals surface area (Å²) in [5.41, 5.74) is 8.33. The van der Waals surface area contributed by atoms with E-state index in [1.165, 1.54) is 0 Å². The minimum atomic E-state index is 0.652. The fourth-order valence-corrected chi connectivity index (χ4v) is 1.38. The van der Waals surface area contributed by atoms with Crippen LogP contribution in [0.4, 0.5) is 5.69 Å². The molecule has 1 heterocycles. The summed E-state index contributed by atoms with van der Waals surface area (Å²) in [5, 5.41) is 3.91. The molecule has 0 aliphatic heterocycles. The monoisotopic (exact) mass is 188 g/mol. The molecule has 0 amide bonds. The van der Waals surface area contributed by atoms with Crippen LogP contribution >= 0.6 is 0 Å². The molecule has 0 atom stereocenters. The Labute approximate surface area is 82.5 Å². The molecule has 0 unspecified atom stereocenters. The van der Waals surface area contributed by atoms with Crippen LogP contribution in [-0.2, 0) is 6.42 Å². The maximum atomic E-state index is 5.89. The van der Waals surface area contributed by atoms with Crippen LogP contribution in [-0.4, -0.2) is 5.16 Å². The summed E-state index contributed by atoms with van der Waals surface area (Å²) in [7, 11) is 0. The molecule has 2 N–H and O–H groups in total. The number of hydrogen-bond donors (Lipinski definition) is 1. The minimum Gasteiger partial charge on any atom is -0.394 e. The van der Waals surface area contributed by atoms with Gasteiger partial charge in [-0.1, -0.05) is 42.4 Å². The summed E-state index contributed by atoms with van der Waals surface area (Å²) in [4.78, 5) is 0. The highest BCUT2D eigenvalue weighted by atomic mass is 16.5. The van der Waals surface area contributed by atoms with Gasteiger partial charge in [-0.25, -0.2) is 0 Å². The van der Waals surface area contributed by atoms with E-state index in [1.807, 2.05) is 37.3 Å². The molecule has 0 fully saturated rings. The zero-order chi connectivity index (χ0) is 9.97. The highest BCUT2D eigenvalue weighted by Crippen LogP contribution is 2.28. The van der Waals surface area contributed by atoms with Crippen molar-refractivity contribution in [3.05, 3.63) is 36.0 Å². The normalized spacial score (nSPS) is 10.4. The quantitative estimate of drug-likeness (QED) is 0.787. The van der Waals surface area contributed by atoms with Gasteiger partial charge in [-0.3, -0.25) is 0 Å². The van der Waals surface area contributed by atoms with Crippen LogP contribution in [0.5, 0.6) is 0 Å². The lowest BCUT2D eigenvalue weighted by atomic mass is 10.1. The number of anilines is 1. The zero-order valence-corrected chi connectivity index (χ0v) is 8.03. The molecule has 0 bridgehead atoms. The van der Waals surface area contributed by atoms with E-state index in [9.17, 15) is 0 Å². The Balaban J connectivity index is 2.48. The second-order valence-electron chi connectivity index (χ2n) is 3.09. The predicted octanol–water partition coefficient (Wildman–Crippen LogP) is 2.49. The van der Waals surface area contributed by atoms with Crippen molar-refractivity contribution in [2.24, 2.45) is 0 Å². The molecular weight excluding hydrogens is 176 g/mol. The highest BCUT2D eigenvalue weighted by Gasteiger charge is 2.12. The number of aromatic nitrogens is 1. The van der Waals surface area contributed by atoms with E-state index in [2.05, 4.69) is 5.16 Å². The van der Waals surface area contributed by atoms with Crippen LogP contribution in [0, 0.1) is 0 Å². The average Bonchev–Trinajstić information content (AvgIpc) is 2.61. The van der Waals surface area contributed by atoms with Crippen LogP contribution in [0.25, 0.3) is 11.3 Å². The number of benzene rings is 1. The Morgan fingerprint density at radius 2 is 2.00 bits per heavy atom. The summed E-state index contributed by atoms with van der Waals surface area (Å²) in [6.45, 7) is 2.00. The first-order valence-corrected chi connectivity index (χ1v) is 4.62. The molecule has 0 saturated heterocycles. The molecule has 1 aromatic heterocycles. The lowest BCUT2D eigenvalue weighted by molar-refractivity contribution is 0.424. The van der Waals surface area contributed by atoms with E-state index in [0.29, 0.717) is 11.4 Å². The number of nitrogens with two attached hydrogens (primary N) is 1. The molecule has 0 saturated carbocycles. The molecule has 14 heavy (non-hydrogen) atoms. The third-order valence-corrected chi connectivity index (χ3v) is 2.17. The Morgan fingerprint density at radius 1 is 1.29 bits per heavy atom. The van der Waals surface area contributed by atoms with Gasteiger partial charge in [0.25, 0.3) is 0 Å². The molecule has 0 aliphatic carbocycles. The maximum Gasteiger partial charge on any atom is 0.190 e. The molecule has 3 heteroatoms. The van der Waals surface area contributed by atoms with Crippen LogP contribution in [0.15, 0.2) is 34.9 Å². The van der Waals surface area contributed by atoms with E-state index in [-0.39, 0.29) is 0 Å². The topological polar surface area (TPSA) is 52.0 Å². The summed E-state index contributed by atoms with van der Waals surface area (Å²) in [6.07, 6.45) is 0.794. The summed E-state index contributed by atoms with van der Waals surface area (Å²) < 4.78 is 5.20. The SMILES string of the molecule is CCc1noc(-c2ccccc2)c1N. The van der Waals surface area contributed by atoms with Crippen molar-refractivity contribution in [2.75, 3.05) is 5.73 Å². The van der Waals surface area contributed by atoms with Gasteiger partial charge in [-0.2, -0.15) is 0 Å². The Kier molecular flexibility index (Phi) is 2.23. The van der Waals surface area contributed by atoms with E-state index in [1.54, 1.807) is 0 Å². The molecular formula is C11H12N2O. The lowest BCUT2D eigenvalue weighted by Gasteiger charge is -1.96. The minimum absolute atomic E-state index is 0.652. The average molecular weight is 188 g/mol. The van der Waals surface area contributed by atoms with Gasteiger partial charge in [0, 0.05) is 5.56 Å². The molecule has 2 aromatic rings. The van der Waals surface area contributed by atoms with Crippen molar-refractivity contribution < 1.29 is 4.52 Å². The van der Waals surface area contributed by atoms with Gasteiger partial charge in [-0.15, -0.1) is 0 Å². The summed E-state index contributed by atoms with van der Waals surface area (Å²) in [6, 6.07) is 9.76. The zero-order valence-electron chi connectivity index (χ0n) is 8.03. The summed E-state index contributed by atoms with van der Waals surface area (Å²) in [5.74, 6) is 0.669. The second kappa shape index (κ2) is 3.54. The van der Waals surface area contributed by atoms with E-state index in [0.717, 1.165) is 17.7 Å². The van der Waals surface area contributed by atoms with Gasteiger partial charge in [0.15, 0.2) is 5.76 Å². The summed E-state index contributed by atoms with van der Waals surface area (Å²) >= 11 is 0. The van der Waals surface area contributed by atoms with E-state index in [4.69, 9.17) is 10.3 Å². The maximum absolute atomic E-state index is 5.89. The first-order chi connectivity index (χ1) is 6.83. The largest absolute Gasteiger partial charge is 0.394 e. The number of hydrogen-bond acceptors (Lipinski definition) is 3. The Bertz CT molecular complexity index is 420. The van der Waals surface area contributed by atoms with Gasteiger partial charge in [0.1, 0.15) is 11.4 Å². The lowest BCUT2D eigenvalue weighted by Crippen LogP contribution is -1.90. The number of rotatable bonds is 2. The molecule has 0 radical (unpaired) electrons. The van der Waals surface area contributed by atoms with Gasteiger partial charge in [0.05, 0.1) is 0 Å². The molecule has 2 rings (SSSR count). The second-order valence-corrected chi connectivity index (χ2v) is 3.09. The Morgan fingerprint density at radius 3 is 2.57 bits per heavy atom. The van der Waals surface area contributed by atoms with Gasteiger partial charge >= 0.3 is 0 Å². The number of aryl methyl sites for hydroxylation is 1. The molecule has 1 aromatic carbocycles. The van der Waals surface area contributed by atoms with E-state index < -0.39 is 0 Å². The van der Waals surface area contributed by atoms with Crippen LogP contribution in [0.2, 0.25) is 0 Å². The molecule has 0 aliphatic rings. The van der Waals surface area contributed by atoms with Crippen molar-refractivity contribution in [3.8, 4) is 11.3 Å². The van der Waals surface area contributed by atoms with Crippen LogP contribution in [0.1, 0.15) is 12.6 Å². The van der Waals surface area contributed by atoms with Crippen LogP contribution in [0.3, 0.4) is 0 Å².